The van der Waals surface area contributed by atoms with Gasteiger partial charge in [0.25, 0.3) is 5.91 Å². The first-order valence-corrected chi connectivity index (χ1v) is 9.62. The van der Waals surface area contributed by atoms with E-state index in [2.05, 4.69) is 4.99 Å². The van der Waals surface area contributed by atoms with Gasteiger partial charge in [-0.2, -0.15) is 4.99 Å². The summed E-state index contributed by atoms with van der Waals surface area (Å²) in [7, 11) is 0. The van der Waals surface area contributed by atoms with E-state index in [1.807, 2.05) is 57.2 Å². The number of carbonyl (C=O) groups excluding carboxylic acids is 2. The van der Waals surface area contributed by atoms with Gasteiger partial charge in [-0.3, -0.25) is 9.59 Å². The summed E-state index contributed by atoms with van der Waals surface area (Å²) >= 11 is 1.40. The first-order valence-electron chi connectivity index (χ1n) is 8.80. The third-order valence-corrected chi connectivity index (χ3v) is 5.14. The van der Waals surface area contributed by atoms with Crippen LogP contribution in [0.5, 0.6) is 0 Å². The molecule has 140 valence electrons. The van der Waals surface area contributed by atoms with Crippen LogP contribution in [0.1, 0.15) is 34.0 Å². The molecule has 1 amide bonds. The minimum Gasteiger partial charge on any atom is -0.465 e. The lowest BCUT2D eigenvalue weighted by Crippen LogP contribution is -2.23. The highest BCUT2D eigenvalue weighted by Crippen LogP contribution is 2.19. The maximum absolute atomic E-state index is 12.7. The summed E-state index contributed by atoms with van der Waals surface area (Å²) in [6.07, 6.45) is 0. The van der Waals surface area contributed by atoms with Crippen LogP contribution in [0.15, 0.2) is 41.4 Å². The number of rotatable bonds is 4. The average Bonchev–Trinajstić information content (AvgIpc) is 2.90. The molecule has 0 fully saturated rings. The Hall–Kier alpha value is -2.73. The number of nitrogens with zero attached hydrogens (tertiary/aromatic N) is 2. The van der Waals surface area contributed by atoms with Gasteiger partial charge >= 0.3 is 5.97 Å². The van der Waals surface area contributed by atoms with E-state index in [0.717, 1.165) is 26.9 Å². The number of carbonyl (C=O) groups is 2. The summed E-state index contributed by atoms with van der Waals surface area (Å²) in [5.41, 5.74) is 4.55. The van der Waals surface area contributed by atoms with E-state index in [1.165, 1.54) is 11.3 Å². The molecule has 0 spiro atoms. The van der Waals surface area contributed by atoms with Crippen molar-refractivity contribution in [1.82, 2.24) is 4.57 Å². The lowest BCUT2D eigenvalue weighted by atomic mass is 10.1. The van der Waals surface area contributed by atoms with Gasteiger partial charge in [-0.1, -0.05) is 34.6 Å². The van der Waals surface area contributed by atoms with Gasteiger partial charge < -0.3 is 9.30 Å². The highest BCUT2D eigenvalue weighted by atomic mass is 32.1. The molecular formula is C21H22N2O3S. The van der Waals surface area contributed by atoms with Crippen molar-refractivity contribution < 1.29 is 14.3 Å². The number of thiazole rings is 1. The van der Waals surface area contributed by atoms with Crippen LogP contribution in [0.2, 0.25) is 0 Å². The van der Waals surface area contributed by atoms with Crippen molar-refractivity contribution in [3.63, 3.8) is 0 Å². The van der Waals surface area contributed by atoms with Crippen LogP contribution in [0.3, 0.4) is 0 Å². The maximum atomic E-state index is 12.7. The van der Waals surface area contributed by atoms with Gasteiger partial charge in [-0.15, -0.1) is 0 Å². The van der Waals surface area contributed by atoms with E-state index in [0.29, 0.717) is 17.0 Å². The Balaban J connectivity index is 2.12. The molecule has 0 aliphatic carbocycles. The molecular weight excluding hydrogens is 360 g/mol. The molecule has 2 aromatic carbocycles. The molecule has 3 aromatic rings. The topological polar surface area (TPSA) is 60.7 Å². The highest BCUT2D eigenvalue weighted by Gasteiger charge is 2.13. The van der Waals surface area contributed by atoms with Crippen molar-refractivity contribution in [2.75, 3.05) is 6.61 Å². The summed E-state index contributed by atoms with van der Waals surface area (Å²) in [6, 6.07) is 11.6. The van der Waals surface area contributed by atoms with Gasteiger partial charge in [-0.05, 0) is 57.5 Å². The zero-order valence-corrected chi connectivity index (χ0v) is 16.7. The Morgan fingerprint density at radius 3 is 2.41 bits per heavy atom. The van der Waals surface area contributed by atoms with Crippen molar-refractivity contribution in [1.29, 1.82) is 0 Å². The lowest BCUT2D eigenvalue weighted by molar-refractivity contribution is -0.143. The number of ether oxygens (including phenoxy) is 1. The maximum Gasteiger partial charge on any atom is 0.326 e. The zero-order valence-electron chi connectivity index (χ0n) is 15.9. The van der Waals surface area contributed by atoms with Crippen molar-refractivity contribution >= 4 is 33.4 Å². The van der Waals surface area contributed by atoms with Crippen LogP contribution in [-0.2, 0) is 16.1 Å². The fourth-order valence-corrected chi connectivity index (χ4v) is 4.13. The summed E-state index contributed by atoms with van der Waals surface area (Å²) in [6.45, 7) is 8.02. The summed E-state index contributed by atoms with van der Waals surface area (Å²) < 4.78 is 7.81. The molecule has 0 aliphatic rings. The predicted molar refractivity (Wildman–Crippen MR) is 107 cm³/mol. The second-order valence-electron chi connectivity index (χ2n) is 6.54. The van der Waals surface area contributed by atoms with Crippen molar-refractivity contribution in [3.05, 3.63) is 63.5 Å². The van der Waals surface area contributed by atoms with Crippen LogP contribution in [0, 0.1) is 20.8 Å². The Labute approximate surface area is 161 Å². The Morgan fingerprint density at radius 1 is 1.04 bits per heavy atom. The molecule has 0 N–H and O–H groups in total. The molecule has 0 aliphatic heterocycles. The third-order valence-electron chi connectivity index (χ3n) is 4.10. The number of hydrogen-bond acceptors (Lipinski definition) is 4. The van der Waals surface area contributed by atoms with Crippen LogP contribution in [0.4, 0.5) is 0 Å². The number of amides is 1. The molecule has 5 nitrogen and oxygen atoms in total. The van der Waals surface area contributed by atoms with E-state index in [9.17, 15) is 9.59 Å². The first-order chi connectivity index (χ1) is 12.9. The molecule has 0 saturated heterocycles. The predicted octanol–water partition coefficient (Wildman–Crippen LogP) is 3.93. The van der Waals surface area contributed by atoms with Crippen molar-refractivity contribution in [3.8, 4) is 0 Å². The van der Waals surface area contributed by atoms with Crippen LogP contribution in [0.25, 0.3) is 10.2 Å². The molecule has 0 radical (unpaired) electrons. The second-order valence-corrected chi connectivity index (χ2v) is 7.55. The summed E-state index contributed by atoms with van der Waals surface area (Å²) in [4.78, 5) is 29.6. The van der Waals surface area contributed by atoms with Gasteiger partial charge in [0, 0.05) is 5.56 Å². The Kier molecular flexibility index (Phi) is 5.56. The van der Waals surface area contributed by atoms with E-state index in [4.69, 9.17) is 4.74 Å². The highest BCUT2D eigenvalue weighted by molar-refractivity contribution is 7.16. The monoisotopic (exact) mass is 382 g/mol. The van der Waals surface area contributed by atoms with Gasteiger partial charge in [-0.25, -0.2) is 0 Å². The molecule has 1 aromatic heterocycles. The Bertz CT molecular complexity index is 1070. The molecule has 0 unspecified atom stereocenters. The number of esters is 1. The molecule has 3 rings (SSSR count). The van der Waals surface area contributed by atoms with Gasteiger partial charge in [0.2, 0.25) is 0 Å². The van der Waals surface area contributed by atoms with Gasteiger partial charge in [0.05, 0.1) is 16.8 Å². The van der Waals surface area contributed by atoms with Crippen LogP contribution < -0.4 is 4.80 Å². The van der Waals surface area contributed by atoms with Gasteiger partial charge in [0.15, 0.2) is 4.80 Å². The molecule has 0 atom stereocenters. The minimum atomic E-state index is -0.349. The molecule has 1 heterocycles. The second kappa shape index (κ2) is 7.88. The van der Waals surface area contributed by atoms with Gasteiger partial charge in [0.1, 0.15) is 6.54 Å². The fourth-order valence-electron chi connectivity index (χ4n) is 3.00. The SMILES string of the molecule is CCOC(=O)Cn1c(=NC(=O)c2cc(C)cc(C)c2)sc2cc(C)ccc21. The van der Waals surface area contributed by atoms with E-state index >= 15 is 0 Å². The van der Waals surface area contributed by atoms with E-state index < -0.39 is 0 Å². The van der Waals surface area contributed by atoms with Crippen molar-refractivity contribution in [2.24, 2.45) is 4.99 Å². The number of aromatic nitrogens is 1. The Morgan fingerprint density at radius 2 is 1.74 bits per heavy atom. The van der Waals surface area contributed by atoms with Crippen molar-refractivity contribution in [2.45, 2.75) is 34.2 Å². The normalized spacial score (nSPS) is 11.8. The molecule has 0 saturated carbocycles. The minimum absolute atomic E-state index is 0.0237. The van der Waals surface area contributed by atoms with E-state index in [-0.39, 0.29) is 18.4 Å². The smallest absolute Gasteiger partial charge is 0.326 e. The lowest BCUT2D eigenvalue weighted by Gasteiger charge is -2.05. The summed E-state index contributed by atoms with van der Waals surface area (Å²) in [5.74, 6) is -0.666. The molecule has 0 bridgehead atoms. The molecule has 27 heavy (non-hydrogen) atoms. The fraction of sp³-hybridized carbons (Fsp3) is 0.286. The number of aryl methyl sites for hydroxylation is 3. The zero-order chi connectivity index (χ0) is 19.6. The number of benzene rings is 2. The number of fused-ring (bicyclic) bond motifs is 1. The van der Waals surface area contributed by atoms with Crippen LogP contribution >= 0.6 is 11.3 Å². The van der Waals surface area contributed by atoms with E-state index in [1.54, 1.807) is 11.5 Å². The quantitative estimate of drug-likeness (QED) is 0.642. The largest absolute Gasteiger partial charge is 0.465 e. The van der Waals surface area contributed by atoms with Crippen LogP contribution in [-0.4, -0.2) is 23.1 Å². The first kappa shape index (κ1) is 19.0. The standard InChI is InChI=1S/C21H22N2O3S/c1-5-26-19(24)12-23-17-7-6-13(2)11-18(17)27-21(23)22-20(25)16-9-14(3)8-15(4)10-16/h6-11H,5,12H2,1-4H3. The molecule has 6 heteroatoms. The number of hydrogen-bond donors (Lipinski definition) is 0. The summed E-state index contributed by atoms with van der Waals surface area (Å²) in [5, 5.41) is 0. The third kappa shape index (κ3) is 4.34. The average molecular weight is 382 g/mol.